The molecule has 0 radical (unpaired) electrons. The summed E-state index contributed by atoms with van der Waals surface area (Å²) < 4.78 is 5.25. The van der Waals surface area contributed by atoms with Crippen LogP contribution in [-0.2, 0) is 11.3 Å². The number of guanidine groups is 1. The Morgan fingerprint density at radius 1 is 1.23 bits per heavy atom. The van der Waals surface area contributed by atoms with Crippen LogP contribution < -0.4 is 16.0 Å². The Hall–Kier alpha value is -2.05. The lowest BCUT2D eigenvalue weighted by atomic mass is 10.1. The first kappa shape index (κ1) is 18.0. The van der Waals surface area contributed by atoms with E-state index >= 15 is 0 Å². The molecule has 0 fully saturated rings. The van der Waals surface area contributed by atoms with Crippen molar-refractivity contribution in [3.63, 3.8) is 0 Å². The SMILES string of the molecule is CN=C(NCCNC(=O)C(C)C)NCc1cc(C(C)C)no1. The molecule has 7 nitrogen and oxygen atoms in total. The average Bonchev–Trinajstić information content (AvgIpc) is 2.95. The molecule has 0 aliphatic heterocycles. The quantitative estimate of drug-likeness (QED) is 0.400. The minimum Gasteiger partial charge on any atom is -0.359 e. The van der Waals surface area contributed by atoms with E-state index in [1.54, 1.807) is 7.05 Å². The van der Waals surface area contributed by atoms with Gasteiger partial charge in [-0.15, -0.1) is 0 Å². The maximum absolute atomic E-state index is 11.4. The van der Waals surface area contributed by atoms with Crippen molar-refractivity contribution in [2.24, 2.45) is 10.9 Å². The van der Waals surface area contributed by atoms with Crippen LogP contribution in [0.5, 0.6) is 0 Å². The standard InChI is InChI=1S/C15H27N5O2/c1-10(2)13-8-12(22-20-13)9-19-15(16-5)18-7-6-17-14(21)11(3)4/h8,10-11H,6-7,9H2,1-5H3,(H,17,21)(H2,16,18,19). The van der Waals surface area contributed by atoms with Gasteiger partial charge in [0.2, 0.25) is 5.91 Å². The summed E-state index contributed by atoms with van der Waals surface area (Å²) in [6.45, 7) is 9.54. The molecule has 1 amide bonds. The molecular formula is C15H27N5O2. The lowest BCUT2D eigenvalue weighted by molar-refractivity contribution is -0.123. The Morgan fingerprint density at radius 3 is 2.45 bits per heavy atom. The molecule has 0 aliphatic carbocycles. The highest BCUT2D eigenvalue weighted by Crippen LogP contribution is 2.13. The van der Waals surface area contributed by atoms with Crippen LogP contribution in [-0.4, -0.2) is 37.2 Å². The van der Waals surface area contributed by atoms with Crippen LogP contribution in [0.3, 0.4) is 0 Å². The molecule has 124 valence electrons. The van der Waals surface area contributed by atoms with E-state index in [-0.39, 0.29) is 11.8 Å². The number of aromatic nitrogens is 1. The Balaban J connectivity index is 2.29. The van der Waals surface area contributed by atoms with Crippen LogP contribution in [0.25, 0.3) is 0 Å². The second-order valence-electron chi connectivity index (χ2n) is 5.67. The van der Waals surface area contributed by atoms with Crippen molar-refractivity contribution < 1.29 is 9.32 Å². The van der Waals surface area contributed by atoms with Gasteiger partial charge < -0.3 is 20.5 Å². The van der Waals surface area contributed by atoms with Gasteiger partial charge in [0, 0.05) is 32.1 Å². The van der Waals surface area contributed by atoms with Gasteiger partial charge in [0.25, 0.3) is 0 Å². The number of hydrogen-bond acceptors (Lipinski definition) is 4. The molecule has 1 rings (SSSR count). The zero-order valence-electron chi connectivity index (χ0n) is 14.1. The molecule has 1 heterocycles. The van der Waals surface area contributed by atoms with Crippen LogP contribution in [0.2, 0.25) is 0 Å². The number of nitrogens with zero attached hydrogens (tertiary/aromatic N) is 2. The number of hydrogen-bond donors (Lipinski definition) is 3. The normalized spacial score (nSPS) is 11.9. The smallest absolute Gasteiger partial charge is 0.222 e. The Kier molecular flexibility index (Phi) is 7.42. The highest BCUT2D eigenvalue weighted by atomic mass is 16.5. The van der Waals surface area contributed by atoms with Gasteiger partial charge in [0.05, 0.1) is 12.2 Å². The highest BCUT2D eigenvalue weighted by Gasteiger charge is 2.08. The largest absolute Gasteiger partial charge is 0.359 e. The monoisotopic (exact) mass is 309 g/mol. The Bertz CT molecular complexity index is 494. The van der Waals surface area contributed by atoms with E-state index in [9.17, 15) is 4.79 Å². The van der Waals surface area contributed by atoms with E-state index in [2.05, 4.69) is 39.9 Å². The van der Waals surface area contributed by atoms with Crippen molar-refractivity contribution >= 4 is 11.9 Å². The fourth-order valence-electron chi connectivity index (χ4n) is 1.65. The number of nitrogens with one attached hydrogen (secondary N) is 3. The van der Waals surface area contributed by atoms with Gasteiger partial charge in [0.15, 0.2) is 11.7 Å². The zero-order chi connectivity index (χ0) is 16.5. The predicted octanol–water partition coefficient (Wildman–Crippen LogP) is 1.24. The number of amides is 1. The third-order valence-electron chi connectivity index (χ3n) is 3.06. The fraction of sp³-hybridized carbons (Fsp3) is 0.667. The second-order valence-corrected chi connectivity index (χ2v) is 5.67. The van der Waals surface area contributed by atoms with Crippen molar-refractivity contribution in [1.82, 2.24) is 21.1 Å². The molecule has 7 heteroatoms. The van der Waals surface area contributed by atoms with E-state index in [1.165, 1.54) is 0 Å². The third kappa shape index (κ3) is 6.15. The van der Waals surface area contributed by atoms with E-state index in [4.69, 9.17) is 4.52 Å². The molecule has 0 bridgehead atoms. The van der Waals surface area contributed by atoms with E-state index in [0.717, 1.165) is 11.5 Å². The minimum atomic E-state index is -0.000886. The highest BCUT2D eigenvalue weighted by molar-refractivity contribution is 5.80. The van der Waals surface area contributed by atoms with Gasteiger partial charge in [-0.2, -0.15) is 0 Å². The second kappa shape index (κ2) is 9.07. The summed E-state index contributed by atoms with van der Waals surface area (Å²) in [5, 5.41) is 13.1. The summed E-state index contributed by atoms with van der Waals surface area (Å²) in [5.41, 5.74) is 0.941. The lowest BCUT2D eigenvalue weighted by Crippen LogP contribution is -2.41. The van der Waals surface area contributed by atoms with Crippen LogP contribution >= 0.6 is 0 Å². The van der Waals surface area contributed by atoms with Gasteiger partial charge in [-0.05, 0) is 5.92 Å². The van der Waals surface area contributed by atoms with Gasteiger partial charge >= 0.3 is 0 Å². The molecule has 0 aromatic carbocycles. The van der Waals surface area contributed by atoms with Crippen LogP contribution in [0, 0.1) is 5.92 Å². The van der Waals surface area contributed by atoms with Gasteiger partial charge in [0.1, 0.15) is 0 Å². The first-order valence-corrected chi connectivity index (χ1v) is 7.61. The molecule has 0 saturated carbocycles. The number of aliphatic imine (C=N–C) groups is 1. The average molecular weight is 309 g/mol. The molecule has 3 N–H and O–H groups in total. The fourth-order valence-corrected chi connectivity index (χ4v) is 1.65. The van der Waals surface area contributed by atoms with E-state index in [1.807, 2.05) is 19.9 Å². The summed E-state index contributed by atoms with van der Waals surface area (Å²) in [7, 11) is 1.70. The van der Waals surface area contributed by atoms with Crippen molar-refractivity contribution in [3.8, 4) is 0 Å². The van der Waals surface area contributed by atoms with Crippen molar-refractivity contribution in [1.29, 1.82) is 0 Å². The van der Waals surface area contributed by atoms with Crippen molar-refractivity contribution in [2.75, 3.05) is 20.1 Å². The number of rotatable bonds is 7. The molecule has 0 saturated heterocycles. The van der Waals surface area contributed by atoms with Gasteiger partial charge in [-0.3, -0.25) is 9.79 Å². The van der Waals surface area contributed by atoms with Gasteiger partial charge in [-0.1, -0.05) is 32.9 Å². The Labute approximate surface area is 131 Å². The lowest BCUT2D eigenvalue weighted by Gasteiger charge is -2.12. The topological polar surface area (TPSA) is 91.5 Å². The Morgan fingerprint density at radius 2 is 1.91 bits per heavy atom. The zero-order valence-corrected chi connectivity index (χ0v) is 14.1. The molecule has 1 aromatic rings. The maximum atomic E-state index is 11.4. The summed E-state index contributed by atoms with van der Waals surface area (Å²) in [4.78, 5) is 15.5. The number of carbonyl (C=O) groups excluding carboxylic acids is 1. The van der Waals surface area contributed by atoms with Crippen LogP contribution in [0.1, 0.15) is 45.1 Å². The molecule has 22 heavy (non-hydrogen) atoms. The van der Waals surface area contributed by atoms with Crippen molar-refractivity contribution in [2.45, 2.75) is 40.2 Å². The molecule has 0 aliphatic rings. The molecule has 0 spiro atoms. The summed E-state index contributed by atoms with van der Waals surface area (Å²) in [5.74, 6) is 1.81. The molecule has 1 aromatic heterocycles. The van der Waals surface area contributed by atoms with Crippen molar-refractivity contribution in [3.05, 3.63) is 17.5 Å². The van der Waals surface area contributed by atoms with E-state index < -0.39 is 0 Å². The van der Waals surface area contributed by atoms with Crippen LogP contribution in [0.15, 0.2) is 15.6 Å². The van der Waals surface area contributed by atoms with Gasteiger partial charge in [-0.25, -0.2) is 0 Å². The summed E-state index contributed by atoms with van der Waals surface area (Å²) in [6.07, 6.45) is 0. The predicted molar refractivity (Wildman–Crippen MR) is 86.6 cm³/mol. The minimum absolute atomic E-state index is 0.000886. The molecule has 0 atom stereocenters. The first-order chi connectivity index (χ1) is 10.4. The maximum Gasteiger partial charge on any atom is 0.222 e. The molecule has 0 unspecified atom stereocenters. The number of carbonyl (C=O) groups is 1. The molecular weight excluding hydrogens is 282 g/mol. The van der Waals surface area contributed by atoms with Crippen LogP contribution in [0.4, 0.5) is 0 Å². The summed E-state index contributed by atoms with van der Waals surface area (Å²) >= 11 is 0. The third-order valence-corrected chi connectivity index (χ3v) is 3.06. The first-order valence-electron chi connectivity index (χ1n) is 7.61. The van der Waals surface area contributed by atoms with E-state index in [0.29, 0.717) is 31.5 Å². The summed E-state index contributed by atoms with van der Waals surface area (Å²) in [6, 6.07) is 1.94.